The zero-order valence-electron chi connectivity index (χ0n) is 33.6. The van der Waals surface area contributed by atoms with E-state index in [9.17, 15) is 29.4 Å². The van der Waals surface area contributed by atoms with Crippen LogP contribution in [0.5, 0.6) is 0 Å². The van der Waals surface area contributed by atoms with Gasteiger partial charge in [-0.15, -0.1) is 0 Å². The number of nitrogens with zero attached hydrogens (tertiary/aromatic N) is 2. The quantitative estimate of drug-likeness (QED) is 0.148. The summed E-state index contributed by atoms with van der Waals surface area (Å²) in [6.45, 7) is 8.18. The van der Waals surface area contributed by atoms with Crippen LogP contribution in [0.1, 0.15) is 115 Å². The number of hydrogen-bond donors (Lipinski definition) is 2. The van der Waals surface area contributed by atoms with Crippen LogP contribution >= 0.6 is 0 Å². The van der Waals surface area contributed by atoms with E-state index in [2.05, 4.69) is 20.8 Å². The summed E-state index contributed by atoms with van der Waals surface area (Å²) in [6.07, 6.45) is 8.05. The Balaban J connectivity index is 0.844. The predicted molar refractivity (Wildman–Crippen MR) is 210 cm³/mol. The van der Waals surface area contributed by atoms with Gasteiger partial charge in [0.2, 0.25) is 5.60 Å². The molecule has 304 valence electrons. The second-order valence-electron chi connectivity index (χ2n) is 18.9. The molecule has 8 unspecified atom stereocenters. The Morgan fingerprint density at radius 3 is 2.58 bits per heavy atom. The van der Waals surface area contributed by atoms with Gasteiger partial charge in [0, 0.05) is 22.9 Å². The third-order valence-corrected chi connectivity index (χ3v) is 16.2. The van der Waals surface area contributed by atoms with E-state index in [0.717, 1.165) is 67.8 Å². The summed E-state index contributed by atoms with van der Waals surface area (Å²) in [5, 5.41) is 23.0. The first kappa shape index (κ1) is 38.4. The molecule has 4 saturated carbocycles. The van der Waals surface area contributed by atoms with Crippen LogP contribution in [0.25, 0.3) is 22.3 Å². The van der Waals surface area contributed by atoms with Gasteiger partial charge >= 0.3 is 17.9 Å². The lowest BCUT2D eigenvalue weighted by molar-refractivity contribution is -0.192. The Bertz CT molecular complexity index is 2200. The van der Waals surface area contributed by atoms with Crippen molar-refractivity contribution < 1.29 is 38.8 Å². The molecule has 3 aromatic rings. The lowest BCUT2D eigenvalue weighted by Gasteiger charge is -2.62. The van der Waals surface area contributed by atoms with E-state index in [4.69, 9.17) is 19.2 Å². The number of aromatic nitrogens is 2. The minimum atomic E-state index is -1.88. The van der Waals surface area contributed by atoms with Gasteiger partial charge in [-0.05, 0) is 129 Å². The van der Waals surface area contributed by atoms with Crippen LogP contribution in [0.4, 0.5) is 0 Å². The molecule has 2 aliphatic heterocycles. The maximum absolute atomic E-state index is 13.9. The number of pyridine rings is 2. The number of para-hydroxylation sites is 1. The van der Waals surface area contributed by atoms with E-state index in [1.54, 1.807) is 17.6 Å². The number of benzene rings is 1. The topological polar surface area (TPSA) is 154 Å². The lowest BCUT2D eigenvalue weighted by Crippen LogP contribution is -2.58. The molecule has 4 aliphatic carbocycles. The highest BCUT2D eigenvalue weighted by Crippen LogP contribution is 2.68. The maximum atomic E-state index is 13.9. The van der Waals surface area contributed by atoms with E-state index in [0.29, 0.717) is 48.0 Å². The van der Waals surface area contributed by atoms with Crippen molar-refractivity contribution in [3.63, 3.8) is 0 Å². The predicted octanol–water partition coefficient (Wildman–Crippen LogP) is 6.58. The third kappa shape index (κ3) is 5.99. The third-order valence-electron chi connectivity index (χ3n) is 16.2. The van der Waals surface area contributed by atoms with Crippen molar-refractivity contribution in [2.24, 2.45) is 46.3 Å². The number of esters is 3. The Labute approximate surface area is 333 Å². The number of cyclic esters (lactones) is 1. The molecule has 9 rings (SSSR count). The number of carbonyl (C=O) groups is 3. The Morgan fingerprint density at radius 1 is 1.00 bits per heavy atom. The standard InChI is InChI=1S/C46H56N2O9/c1-5-46(34-21-36-41-27(18-26-8-6-7-9-35(26)47-41)22-48(36)42(53)30(34)23-56-43(46)54)57-39(52)24-55-38(51)13-10-25(2)31-11-12-32-40-33(15-17-45(31,32)4)44(3)16-14-29(49)19-28(44)20-37(40)50/h6-9,18,21,25,28-29,31-33,37,40,49-50H,5,10-17,19-20,22-24H2,1-4H3/t25-,28?,29?,31?,32?,33?,37+,40?,44?,45?,46+/m1/s1. The summed E-state index contributed by atoms with van der Waals surface area (Å²) < 4.78 is 18.4. The van der Waals surface area contributed by atoms with Crippen LogP contribution < -0.4 is 5.56 Å². The number of fused-ring (bicyclic) bond motifs is 10. The number of carbonyl (C=O) groups excluding carboxylic acids is 3. The molecule has 11 heteroatoms. The molecule has 4 fully saturated rings. The van der Waals surface area contributed by atoms with Crippen molar-refractivity contribution in [3.8, 4) is 11.4 Å². The van der Waals surface area contributed by atoms with Crippen molar-refractivity contribution in [2.75, 3.05) is 6.61 Å². The van der Waals surface area contributed by atoms with Crippen molar-refractivity contribution in [1.82, 2.24) is 9.55 Å². The van der Waals surface area contributed by atoms with E-state index in [-0.39, 0.29) is 71.0 Å². The second-order valence-corrected chi connectivity index (χ2v) is 18.9. The van der Waals surface area contributed by atoms with Gasteiger partial charge in [0.1, 0.15) is 6.61 Å². The minimum absolute atomic E-state index is 0.0136. The molecule has 0 bridgehead atoms. The number of aliphatic hydroxyl groups excluding tert-OH is 2. The fourth-order valence-electron chi connectivity index (χ4n) is 13.2. The zero-order chi connectivity index (χ0) is 40.0. The molecule has 0 saturated heterocycles. The maximum Gasteiger partial charge on any atom is 0.355 e. The average molecular weight is 781 g/mol. The Kier molecular flexibility index (Phi) is 9.46. The summed E-state index contributed by atoms with van der Waals surface area (Å²) in [7, 11) is 0. The summed E-state index contributed by atoms with van der Waals surface area (Å²) in [5.41, 5.74) is 1.42. The highest BCUT2D eigenvalue weighted by atomic mass is 16.6. The fraction of sp³-hybridized carbons (Fsp3) is 0.630. The monoisotopic (exact) mass is 780 g/mol. The van der Waals surface area contributed by atoms with Crippen LogP contribution in [0, 0.1) is 46.3 Å². The Morgan fingerprint density at radius 2 is 1.77 bits per heavy atom. The molecule has 2 aromatic heterocycles. The van der Waals surface area contributed by atoms with Gasteiger partial charge < -0.3 is 29.0 Å². The largest absolute Gasteiger partial charge is 0.457 e. The van der Waals surface area contributed by atoms with E-state index < -0.39 is 30.1 Å². The molecule has 57 heavy (non-hydrogen) atoms. The van der Waals surface area contributed by atoms with Gasteiger partial charge in [0.25, 0.3) is 5.56 Å². The van der Waals surface area contributed by atoms with E-state index in [1.807, 2.05) is 30.3 Å². The van der Waals surface area contributed by atoms with Gasteiger partial charge in [0.05, 0.1) is 41.2 Å². The lowest BCUT2D eigenvalue weighted by atomic mass is 9.43. The molecule has 0 amide bonds. The van der Waals surface area contributed by atoms with Crippen LogP contribution in [0.15, 0.2) is 41.2 Å². The number of ether oxygens (including phenoxy) is 3. The van der Waals surface area contributed by atoms with Crippen LogP contribution in [0.3, 0.4) is 0 Å². The first-order valence-electron chi connectivity index (χ1n) is 21.3. The first-order valence-corrected chi connectivity index (χ1v) is 21.3. The van der Waals surface area contributed by atoms with Crippen LogP contribution in [-0.4, -0.2) is 56.5 Å². The molecule has 6 aliphatic rings. The number of hydrogen-bond acceptors (Lipinski definition) is 10. The van der Waals surface area contributed by atoms with Crippen molar-refractivity contribution in [3.05, 3.63) is 63.4 Å². The number of aliphatic hydroxyl groups is 2. The second kappa shape index (κ2) is 14.0. The highest BCUT2D eigenvalue weighted by Gasteiger charge is 2.63. The van der Waals surface area contributed by atoms with Crippen LogP contribution in [0.2, 0.25) is 0 Å². The van der Waals surface area contributed by atoms with E-state index in [1.165, 1.54) is 0 Å². The van der Waals surface area contributed by atoms with Gasteiger partial charge in [-0.1, -0.05) is 45.9 Å². The molecule has 0 spiro atoms. The minimum Gasteiger partial charge on any atom is -0.457 e. The van der Waals surface area contributed by atoms with Gasteiger partial charge in [0.15, 0.2) is 6.61 Å². The fourth-order valence-corrected chi connectivity index (χ4v) is 13.2. The molecule has 1 aromatic carbocycles. The summed E-state index contributed by atoms with van der Waals surface area (Å²) in [6, 6.07) is 11.5. The molecule has 11 nitrogen and oxygen atoms in total. The number of rotatable bonds is 8. The van der Waals surface area contributed by atoms with Gasteiger partial charge in [-0.3, -0.25) is 9.59 Å². The zero-order valence-corrected chi connectivity index (χ0v) is 33.6. The molecular weight excluding hydrogens is 725 g/mol. The van der Waals surface area contributed by atoms with Gasteiger partial charge in [-0.25, -0.2) is 14.6 Å². The highest BCUT2D eigenvalue weighted by molar-refractivity contribution is 5.89. The summed E-state index contributed by atoms with van der Waals surface area (Å²) >= 11 is 0. The SMILES string of the molecule is CC[C@@]1(OC(=O)COC(=O)CC[C@@H](C)C2CCC3C4C(CCC32C)C2(C)CCC(O)CC2C[C@@H]4O)C(=O)OCc2c1cc1n(c2=O)Cc2cc3ccccc3nc2-1. The van der Waals surface area contributed by atoms with Crippen molar-refractivity contribution >= 4 is 28.8 Å². The summed E-state index contributed by atoms with van der Waals surface area (Å²) in [5.74, 6) is 0.0654. The molecule has 11 atom stereocenters. The Hall–Kier alpha value is -4.09. The van der Waals surface area contributed by atoms with Crippen molar-refractivity contribution in [1.29, 1.82) is 0 Å². The first-order chi connectivity index (χ1) is 27.3. The van der Waals surface area contributed by atoms with Gasteiger partial charge in [-0.2, -0.15) is 0 Å². The normalized spacial score (nSPS) is 35.5. The molecule has 0 radical (unpaired) electrons. The smallest absolute Gasteiger partial charge is 0.355 e. The molecule has 2 N–H and O–H groups in total. The van der Waals surface area contributed by atoms with E-state index >= 15 is 0 Å². The summed E-state index contributed by atoms with van der Waals surface area (Å²) in [4.78, 5) is 58.7. The average Bonchev–Trinajstić information content (AvgIpc) is 3.74. The van der Waals surface area contributed by atoms with Crippen LogP contribution in [-0.2, 0) is 47.3 Å². The molecule has 4 heterocycles. The molecular formula is C46H56N2O9. The van der Waals surface area contributed by atoms with Crippen molar-refractivity contribution in [2.45, 2.75) is 129 Å².